The van der Waals surface area contributed by atoms with Crippen LogP contribution in [0.1, 0.15) is 19.3 Å². The fraction of sp³-hybridized carbons (Fsp3) is 0.500. The third-order valence-electron chi connectivity index (χ3n) is 3.32. The van der Waals surface area contributed by atoms with Crippen LogP contribution in [0.4, 0.5) is 4.39 Å². The molecule has 19 heavy (non-hydrogen) atoms. The summed E-state index contributed by atoms with van der Waals surface area (Å²) < 4.78 is 18.2. The van der Waals surface area contributed by atoms with Crippen LogP contribution in [-0.2, 0) is 4.79 Å². The number of carboxylic acid groups (broad SMARTS) is 1. The van der Waals surface area contributed by atoms with Crippen LogP contribution in [0.2, 0.25) is 0 Å². The largest absolute Gasteiger partial charge is 0.494 e. The summed E-state index contributed by atoms with van der Waals surface area (Å²) in [5, 5.41) is 9.04. The minimum atomic E-state index is -0.739. The Labute approximate surface area is 111 Å². The van der Waals surface area contributed by atoms with Crippen LogP contribution in [0.15, 0.2) is 24.3 Å². The number of hydrogen-bond donors (Lipinski definition) is 1. The van der Waals surface area contributed by atoms with Crippen LogP contribution in [0, 0.1) is 5.82 Å². The Morgan fingerprint density at radius 1 is 1.42 bits per heavy atom. The topological polar surface area (TPSA) is 49.8 Å². The van der Waals surface area contributed by atoms with Gasteiger partial charge in [-0.05, 0) is 50.1 Å². The van der Waals surface area contributed by atoms with Crippen molar-refractivity contribution in [3.8, 4) is 5.75 Å². The second-order valence-corrected chi connectivity index (χ2v) is 4.69. The maximum absolute atomic E-state index is 12.7. The van der Waals surface area contributed by atoms with Gasteiger partial charge in [0.05, 0.1) is 6.61 Å². The summed E-state index contributed by atoms with van der Waals surface area (Å²) in [5.41, 5.74) is 0. The number of hydrogen-bond acceptors (Lipinski definition) is 3. The number of aliphatic carboxylic acids is 1. The first kappa shape index (κ1) is 13.8. The van der Waals surface area contributed by atoms with E-state index >= 15 is 0 Å². The van der Waals surface area contributed by atoms with Gasteiger partial charge in [0.25, 0.3) is 0 Å². The zero-order valence-electron chi connectivity index (χ0n) is 10.7. The van der Waals surface area contributed by atoms with Gasteiger partial charge < -0.3 is 9.84 Å². The van der Waals surface area contributed by atoms with Crippen molar-refractivity contribution in [1.82, 2.24) is 4.90 Å². The number of benzene rings is 1. The lowest BCUT2D eigenvalue weighted by atomic mass is 10.2. The first-order chi connectivity index (χ1) is 9.16. The van der Waals surface area contributed by atoms with Gasteiger partial charge in [-0.3, -0.25) is 9.69 Å². The number of rotatable bonds is 6. The maximum Gasteiger partial charge on any atom is 0.320 e. The zero-order chi connectivity index (χ0) is 13.7. The molecule has 0 unspecified atom stereocenters. The van der Waals surface area contributed by atoms with E-state index in [1.54, 1.807) is 12.1 Å². The van der Waals surface area contributed by atoms with Crippen LogP contribution < -0.4 is 4.74 Å². The summed E-state index contributed by atoms with van der Waals surface area (Å²) in [7, 11) is 0. The SMILES string of the molecule is O=C(O)[C@H]1CCCN1CCCOc1ccc(F)cc1. The average Bonchev–Trinajstić information content (AvgIpc) is 2.85. The highest BCUT2D eigenvalue weighted by Gasteiger charge is 2.29. The van der Waals surface area contributed by atoms with Gasteiger partial charge in [-0.25, -0.2) is 4.39 Å². The lowest BCUT2D eigenvalue weighted by molar-refractivity contribution is -0.142. The third-order valence-corrected chi connectivity index (χ3v) is 3.32. The Morgan fingerprint density at radius 3 is 2.84 bits per heavy atom. The highest BCUT2D eigenvalue weighted by atomic mass is 19.1. The normalized spacial score (nSPS) is 19.5. The molecule has 1 heterocycles. The molecule has 1 aliphatic rings. The van der Waals surface area contributed by atoms with Gasteiger partial charge in [-0.15, -0.1) is 0 Å². The van der Waals surface area contributed by atoms with E-state index in [0.29, 0.717) is 12.4 Å². The number of carboxylic acids is 1. The van der Waals surface area contributed by atoms with Crippen molar-refractivity contribution in [1.29, 1.82) is 0 Å². The van der Waals surface area contributed by atoms with Gasteiger partial charge >= 0.3 is 5.97 Å². The number of halogens is 1. The van der Waals surface area contributed by atoms with Gasteiger partial charge in [-0.2, -0.15) is 0 Å². The summed E-state index contributed by atoms with van der Waals surface area (Å²) in [6.45, 7) is 2.07. The molecule has 1 aromatic rings. The van der Waals surface area contributed by atoms with Crippen molar-refractivity contribution in [3.05, 3.63) is 30.1 Å². The van der Waals surface area contributed by atoms with E-state index in [1.807, 2.05) is 4.90 Å². The van der Waals surface area contributed by atoms with E-state index in [1.165, 1.54) is 12.1 Å². The molecule has 1 N–H and O–H groups in total. The molecule has 2 rings (SSSR count). The Morgan fingerprint density at radius 2 is 2.16 bits per heavy atom. The molecule has 0 radical (unpaired) electrons. The molecule has 104 valence electrons. The quantitative estimate of drug-likeness (QED) is 0.802. The molecule has 1 aromatic carbocycles. The molecule has 5 heteroatoms. The van der Waals surface area contributed by atoms with Gasteiger partial charge in [-0.1, -0.05) is 0 Å². The number of ether oxygens (including phenoxy) is 1. The summed E-state index contributed by atoms with van der Waals surface area (Å²) in [4.78, 5) is 13.0. The highest BCUT2D eigenvalue weighted by Crippen LogP contribution is 2.17. The van der Waals surface area contributed by atoms with Crippen molar-refractivity contribution in [2.45, 2.75) is 25.3 Å². The minimum Gasteiger partial charge on any atom is -0.494 e. The smallest absolute Gasteiger partial charge is 0.320 e. The molecule has 1 fully saturated rings. The van der Waals surface area contributed by atoms with Crippen LogP contribution >= 0.6 is 0 Å². The van der Waals surface area contributed by atoms with Gasteiger partial charge in [0, 0.05) is 6.54 Å². The van der Waals surface area contributed by atoms with Crippen LogP contribution in [0.25, 0.3) is 0 Å². The summed E-state index contributed by atoms with van der Waals surface area (Å²) in [6.07, 6.45) is 2.44. The molecule has 0 aliphatic carbocycles. The number of likely N-dealkylation sites (tertiary alicyclic amines) is 1. The molecule has 0 saturated carbocycles. The molecule has 1 atom stereocenters. The van der Waals surface area contributed by atoms with Crippen molar-refractivity contribution in [2.75, 3.05) is 19.7 Å². The molecular formula is C14H18FNO3. The van der Waals surface area contributed by atoms with E-state index in [-0.39, 0.29) is 11.9 Å². The van der Waals surface area contributed by atoms with Crippen LogP contribution in [0.3, 0.4) is 0 Å². The summed E-state index contributed by atoms with van der Waals surface area (Å²) >= 11 is 0. The molecule has 1 aliphatic heterocycles. The number of carbonyl (C=O) groups is 1. The predicted molar refractivity (Wildman–Crippen MR) is 68.7 cm³/mol. The highest BCUT2D eigenvalue weighted by molar-refractivity contribution is 5.73. The van der Waals surface area contributed by atoms with Crippen molar-refractivity contribution >= 4 is 5.97 Å². The molecule has 4 nitrogen and oxygen atoms in total. The van der Waals surface area contributed by atoms with E-state index < -0.39 is 5.97 Å². The molecule has 0 aromatic heterocycles. The first-order valence-corrected chi connectivity index (χ1v) is 6.52. The maximum atomic E-state index is 12.7. The van der Waals surface area contributed by atoms with E-state index in [2.05, 4.69) is 0 Å². The average molecular weight is 267 g/mol. The van der Waals surface area contributed by atoms with E-state index in [9.17, 15) is 9.18 Å². The monoisotopic (exact) mass is 267 g/mol. The zero-order valence-corrected chi connectivity index (χ0v) is 10.7. The Bertz CT molecular complexity index is 421. The van der Waals surface area contributed by atoms with Gasteiger partial charge in [0.15, 0.2) is 0 Å². The number of nitrogens with zero attached hydrogens (tertiary/aromatic N) is 1. The molecule has 0 bridgehead atoms. The summed E-state index contributed by atoms with van der Waals surface area (Å²) in [5.74, 6) is -0.386. The minimum absolute atomic E-state index is 0.284. The lowest BCUT2D eigenvalue weighted by Crippen LogP contribution is -2.36. The Kier molecular flexibility index (Phi) is 4.74. The van der Waals surface area contributed by atoms with Crippen molar-refractivity contribution < 1.29 is 19.0 Å². The van der Waals surface area contributed by atoms with Crippen LogP contribution in [-0.4, -0.2) is 41.7 Å². The van der Waals surface area contributed by atoms with Crippen molar-refractivity contribution in [2.24, 2.45) is 0 Å². The molecule has 0 amide bonds. The van der Waals surface area contributed by atoms with Gasteiger partial charge in [0.1, 0.15) is 17.6 Å². The second kappa shape index (κ2) is 6.52. The lowest BCUT2D eigenvalue weighted by Gasteiger charge is -2.20. The van der Waals surface area contributed by atoms with E-state index in [0.717, 1.165) is 32.4 Å². The first-order valence-electron chi connectivity index (χ1n) is 6.52. The molecule has 1 saturated heterocycles. The fourth-order valence-electron chi connectivity index (χ4n) is 2.36. The molecular weight excluding hydrogens is 249 g/mol. The van der Waals surface area contributed by atoms with Gasteiger partial charge in [0.2, 0.25) is 0 Å². The van der Waals surface area contributed by atoms with E-state index in [4.69, 9.17) is 9.84 Å². The second-order valence-electron chi connectivity index (χ2n) is 4.69. The Balaban J connectivity index is 1.69. The van der Waals surface area contributed by atoms with Crippen molar-refractivity contribution in [3.63, 3.8) is 0 Å². The fourth-order valence-corrected chi connectivity index (χ4v) is 2.36. The standard InChI is InChI=1S/C14H18FNO3/c15-11-4-6-12(7-5-11)19-10-2-9-16-8-1-3-13(16)14(17)18/h4-7,13H,1-3,8-10H2,(H,17,18)/t13-/m1/s1. The third kappa shape index (κ3) is 3.92. The summed E-state index contributed by atoms with van der Waals surface area (Å²) in [6, 6.07) is 5.55. The Hall–Kier alpha value is -1.62. The molecule has 0 spiro atoms. The van der Waals surface area contributed by atoms with Crippen LogP contribution in [0.5, 0.6) is 5.75 Å². The predicted octanol–water partition coefficient (Wildman–Crippen LogP) is 2.14.